The summed E-state index contributed by atoms with van der Waals surface area (Å²) in [6.07, 6.45) is 5.84. The molecule has 0 fully saturated rings. The molecule has 1 aliphatic rings. The molecule has 0 heterocycles. The molecule has 0 saturated carbocycles. The molecule has 0 N–H and O–H groups in total. The molecule has 0 saturated heterocycles. The maximum absolute atomic E-state index is 12.6. The van der Waals surface area contributed by atoms with E-state index < -0.39 is 0 Å². The van der Waals surface area contributed by atoms with Crippen molar-refractivity contribution in [2.75, 3.05) is 0 Å². The Hall–Kier alpha value is -2.41. The minimum Gasteiger partial charge on any atom is -0.293 e. The molecule has 0 aliphatic heterocycles. The summed E-state index contributed by atoms with van der Waals surface area (Å²) in [5, 5.41) is 0. The third-order valence-corrected chi connectivity index (χ3v) is 3.36. The molecule has 1 heteroatoms. The van der Waals surface area contributed by atoms with Crippen molar-refractivity contribution < 1.29 is 4.79 Å². The van der Waals surface area contributed by atoms with Gasteiger partial charge in [-0.05, 0) is 11.1 Å². The van der Waals surface area contributed by atoms with E-state index in [0.29, 0.717) is 0 Å². The van der Waals surface area contributed by atoms with Crippen LogP contribution < -0.4 is 0 Å². The topological polar surface area (TPSA) is 17.1 Å². The van der Waals surface area contributed by atoms with Crippen LogP contribution in [0.3, 0.4) is 0 Å². The van der Waals surface area contributed by atoms with Crippen LogP contribution in [-0.2, 0) is 4.79 Å². The average molecular weight is 246 g/mol. The zero-order valence-electron chi connectivity index (χ0n) is 10.5. The number of rotatable bonds is 2. The first-order valence-electron chi connectivity index (χ1n) is 6.39. The van der Waals surface area contributed by atoms with Crippen molar-refractivity contribution in [3.8, 4) is 0 Å². The maximum Gasteiger partial charge on any atom is 0.174 e. The number of allylic oxidation sites excluding steroid dienone is 4. The molecule has 2 aromatic carbocycles. The average Bonchev–Trinajstić information content (AvgIpc) is 2.49. The van der Waals surface area contributed by atoms with Crippen LogP contribution in [0.25, 0.3) is 5.57 Å². The number of benzene rings is 2. The molecular formula is C18H14O. The lowest BCUT2D eigenvalue weighted by Crippen LogP contribution is -2.14. The van der Waals surface area contributed by atoms with Crippen LogP contribution in [0.5, 0.6) is 0 Å². The molecule has 92 valence electrons. The Balaban J connectivity index is 1.97. The van der Waals surface area contributed by atoms with Crippen LogP contribution in [0, 0.1) is 0 Å². The summed E-state index contributed by atoms with van der Waals surface area (Å²) in [4.78, 5) is 12.6. The van der Waals surface area contributed by atoms with Crippen molar-refractivity contribution in [3.05, 3.63) is 90.0 Å². The zero-order valence-corrected chi connectivity index (χ0v) is 10.5. The van der Waals surface area contributed by atoms with E-state index in [4.69, 9.17) is 0 Å². The van der Waals surface area contributed by atoms with Gasteiger partial charge >= 0.3 is 0 Å². The zero-order chi connectivity index (χ0) is 13.1. The van der Waals surface area contributed by atoms with Crippen molar-refractivity contribution in [1.82, 2.24) is 0 Å². The molecule has 1 unspecified atom stereocenters. The second-order valence-electron chi connectivity index (χ2n) is 4.58. The number of hydrogen-bond donors (Lipinski definition) is 0. The van der Waals surface area contributed by atoms with E-state index in [-0.39, 0.29) is 11.7 Å². The van der Waals surface area contributed by atoms with E-state index in [9.17, 15) is 4.79 Å². The van der Waals surface area contributed by atoms with Gasteiger partial charge in [0.15, 0.2) is 5.78 Å². The van der Waals surface area contributed by atoms with Gasteiger partial charge in [0.25, 0.3) is 0 Å². The Labute approximate surface area is 112 Å². The Morgan fingerprint density at radius 1 is 0.789 bits per heavy atom. The van der Waals surface area contributed by atoms with Crippen molar-refractivity contribution in [1.29, 1.82) is 0 Å². The van der Waals surface area contributed by atoms with Crippen LogP contribution in [0.15, 0.2) is 78.9 Å². The summed E-state index contributed by atoms with van der Waals surface area (Å²) < 4.78 is 0. The van der Waals surface area contributed by atoms with Gasteiger partial charge in [0.05, 0.1) is 5.92 Å². The normalized spacial score (nSPS) is 18.2. The minimum atomic E-state index is -0.165. The number of carbonyl (C=O) groups excluding carboxylic acids is 1. The molecule has 0 radical (unpaired) electrons. The molecular weight excluding hydrogens is 232 g/mol. The highest BCUT2D eigenvalue weighted by molar-refractivity contribution is 6.25. The van der Waals surface area contributed by atoms with E-state index in [1.54, 1.807) is 0 Å². The molecule has 1 atom stereocenters. The summed E-state index contributed by atoms with van der Waals surface area (Å²) >= 11 is 0. The minimum absolute atomic E-state index is 0.165. The number of Topliss-reactive ketones (excluding diaryl/α,β-unsaturated/α-hetero) is 1. The first-order chi connectivity index (χ1) is 9.36. The smallest absolute Gasteiger partial charge is 0.174 e. The summed E-state index contributed by atoms with van der Waals surface area (Å²) in [6.45, 7) is 0. The van der Waals surface area contributed by atoms with Gasteiger partial charge in [-0.25, -0.2) is 0 Å². The van der Waals surface area contributed by atoms with E-state index in [1.165, 1.54) is 0 Å². The first kappa shape index (κ1) is 11.7. The largest absolute Gasteiger partial charge is 0.293 e. The lowest BCUT2D eigenvalue weighted by molar-refractivity contribution is -0.114. The highest BCUT2D eigenvalue weighted by Crippen LogP contribution is 2.30. The predicted molar refractivity (Wildman–Crippen MR) is 77.7 cm³/mol. The molecule has 1 aliphatic carbocycles. The summed E-state index contributed by atoms with van der Waals surface area (Å²) in [6, 6.07) is 19.7. The highest BCUT2D eigenvalue weighted by Gasteiger charge is 2.24. The highest BCUT2D eigenvalue weighted by atomic mass is 16.1. The van der Waals surface area contributed by atoms with E-state index in [2.05, 4.69) is 0 Å². The molecule has 19 heavy (non-hydrogen) atoms. The predicted octanol–water partition coefficient (Wildman–Crippen LogP) is 3.99. The van der Waals surface area contributed by atoms with Crippen LogP contribution in [0.2, 0.25) is 0 Å². The van der Waals surface area contributed by atoms with Crippen molar-refractivity contribution in [2.45, 2.75) is 5.92 Å². The quantitative estimate of drug-likeness (QED) is 0.783. The van der Waals surface area contributed by atoms with Gasteiger partial charge in [-0.3, -0.25) is 4.79 Å². The SMILES string of the molecule is O=C1C(c2ccccc2)=CC=CC1c1ccccc1. The Morgan fingerprint density at radius 3 is 2.11 bits per heavy atom. The van der Waals surface area contributed by atoms with Gasteiger partial charge in [-0.2, -0.15) is 0 Å². The summed E-state index contributed by atoms with van der Waals surface area (Å²) in [7, 11) is 0. The van der Waals surface area contributed by atoms with Gasteiger partial charge in [-0.1, -0.05) is 78.9 Å². The summed E-state index contributed by atoms with van der Waals surface area (Å²) in [5.74, 6) is 0.00121. The molecule has 2 aromatic rings. The Morgan fingerprint density at radius 2 is 1.42 bits per heavy atom. The Kier molecular flexibility index (Phi) is 3.11. The second-order valence-corrected chi connectivity index (χ2v) is 4.58. The van der Waals surface area contributed by atoms with E-state index in [0.717, 1.165) is 16.7 Å². The standard InChI is InChI=1S/C18H14O/c19-18-16(14-8-3-1-4-9-14)12-7-13-17(18)15-10-5-2-6-11-15/h1-13,16H. The fraction of sp³-hybridized carbons (Fsp3) is 0.0556. The Bertz CT molecular complexity index is 636. The van der Waals surface area contributed by atoms with Gasteiger partial charge < -0.3 is 0 Å². The number of ketones is 1. The van der Waals surface area contributed by atoms with Crippen molar-refractivity contribution in [3.63, 3.8) is 0 Å². The molecule has 0 aromatic heterocycles. The molecule has 3 rings (SSSR count). The van der Waals surface area contributed by atoms with Gasteiger partial charge in [0.1, 0.15) is 0 Å². The fourth-order valence-corrected chi connectivity index (χ4v) is 2.38. The second kappa shape index (κ2) is 5.07. The van der Waals surface area contributed by atoms with E-state index in [1.807, 2.05) is 78.9 Å². The van der Waals surface area contributed by atoms with Gasteiger partial charge in [0.2, 0.25) is 0 Å². The van der Waals surface area contributed by atoms with E-state index >= 15 is 0 Å². The molecule has 0 amide bonds. The lowest BCUT2D eigenvalue weighted by Gasteiger charge is -2.17. The van der Waals surface area contributed by atoms with Crippen LogP contribution in [-0.4, -0.2) is 5.78 Å². The van der Waals surface area contributed by atoms with Crippen LogP contribution in [0.4, 0.5) is 0 Å². The van der Waals surface area contributed by atoms with Crippen molar-refractivity contribution >= 4 is 11.4 Å². The summed E-state index contributed by atoms with van der Waals surface area (Å²) in [5.41, 5.74) is 2.82. The fourth-order valence-electron chi connectivity index (χ4n) is 2.38. The third-order valence-electron chi connectivity index (χ3n) is 3.36. The lowest BCUT2D eigenvalue weighted by atomic mass is 9.84. The monoisotopic (exact) mass is 246 g/mol. The number of hydrogen-bond acceptors (Lipinski definition) is 1. The van der Waals surface area contributed by atoms with Crippen molar-refractivity contribution in [2.24, 2.45) is 0 Å². The maximum atomic E-state index is 12.6. The van der Waals surface area contributed by atoms with Gasteiger partial charge in [-0.15, -0.1) is 0 Å². The third kappa shape index (κ3) is 2.27. The molecule has 1 nitrogen and oxygen atoms in total. The van der Waals surface area contributed by atoms with Gasteiger partial charge in [0, 0.05) is 5.57 Å². The van der Waals surface area contributed by atoms with Crippen LogP contribution in [0.1, 0.15) is 17.0 Å². The molecule has 0 bridgehead atoms. The first-order valence-corrected chi connectivity index (χ1v) is 6.39. The number of carbonyl (C=O) groups is 1. The molecule has 0 spiro atoms. The van der Waals surface area contributed by atoms with Crippen LogP contribution >= 0.6 is 0 Å².